The van der Waals surface area contributed by atoms with Gasteiger partial charge in [0.25, 0.3) is 0 Å². The average Bonchev–Trinajstić information content (AvgIpc) is 2.07. The van der Waals surface area contributed by atoms with Gasteiger partial charge < -0.3 is 0 Å². The highest BCUT2D eigenvalue weighted by Crippen LogP contribution is 2.28. The van der Waals surface area contributed by atoms with Gasteiger partial charge >= 0.3 is 0 Å². The van der Waals surface area contributed by atoms with Gasteiger partial charge in [0, 0.05) is 0 Å². The minimum Gasteiger partial charge on any atom is -0.248 e. The molecule has 0 radical (unpaired) electrons. The Morgan fingerprint density at radius 2 is 2.00 bits per heavy atom. The summed E-state index contributed by atoms with van der Waals surface area (Å²) in [5, 5.41) is 11.0. The zero-order valence-electron chi connectivity index (χ0n) is 7.75. The number of quaternary nitrogens is 1. The summed E-state index contributed by atoms with van der Waals surface area (Å²) in [6, 6.07) is 0. The summed E-state index contributed by atoms with van der Waals surface area (Å²) in [6.07, 6.45) is 5.15. The first-order chi connectivity index (χ1) is 5.83. The van der Waals surface area contributed by atoms with Gasteiger partial charge in [-0.1, -0.05) is 6.92 Å². The summed E-state index contributed by atoms with van der Waals surface area (Å²) in [4.78, 5) is 0. The highest BCUT2D eigenvalue weighted by Gasteiger charge is 2.30. The van der Waals surface area contributed by atoms with Gasteiger partial charge in [-0.05, 0) is 25.7 Å². The van der Waals surface area contributed by atoms with E-state index in [4.69, 9.17) is 5.26 Å². The smallest absolute Gasteiger partial charge is 0.196 e. The normalized spacial score (nSPS) is 21.7. The van der Waals surface area contributed by atoms with Crippen molar-refractivity contribution in [1.82, 2.24) is 0 Å². The van der Waals surface area contributed by atoms with Crippen LogP contribution in [0.4, 0.5) is 0 Å². The van der Waals surface area contributed by atoms with Crippen molar-refractivity contribution in [3.63, 3.8) is 0 Å². The van der Waals surface area contributed by atoms with Crippen LogP contribution in [0.1, 0.15) is 32.6 Å². The van der Waals surface area contributed by atoms with E-state index >= 15 is 0 Å². The molecular formula is C9H17N2S+. The molecular weight excluding hydrogens is 168 g/mol. The zero-order chi connectivity index (χ0) is 8.86. The van der Waals surface area contributed by atoms with E-state index in [1.54, 1.807) is 0 Å². The van der Waals surface area contributed by atoms with Crippen LogP contribution in [0.2, 0.25) is 0 Å². The lowest BCUT2D eigenvalue weighted by Gasteiger charge is -2.36. The van der Waals surface area contributed by atoms with Crippen molar-refractivity contribution in [3.05, 3.63) is 0 Å². The number of rotatable bonds is 3. The fourth-order valence-electron chi connectivity index (χ4n) is 1.94. The third kappa shape index (κ3) is 2.40. The summed E-state index contributed by atoms with van der Waals surface area (Å²) in [5.74, 6) is 0. The highest BCUT2D eigenvalue weighted by molar-refractivity contribution is 7.98. The van der Waals surface area contributed by atoms with Crippen molar-refractivity contribution in [3.8, 4) is 5.40 Å². The maximum absolute atomic E-state index is 8.71. The molecule has 3 heteroatoms. The van der Waals surface area contributed by atoms with E-state index in [-0.39, 0.29) is 0 Å². The molecule has 0 aromatic rings. The largest absolute Gasteiger partial charge is 0.248 e. The lowest BCUT2D eigenvalue weighted by Crippen LogP contribution is -2.45. The Kier molecular flexibility index (Phi) is 3.90. The van der Waals surface area contributed by atoms with E-state index in [0.29, 0.717) is 0 Å². The molecule has 0 aliphatic carbocycles. The van der Waals surface area contributed by atoms with Crippen molar-refractivity contribution in [2.45, 2.75) is 32.6 Å². The molecule has 0 aromatic heterocycles. The SMILES string of the molecule is CCC[N+]1(SC#N)CCCCC1. The highest BCUT2D eigenvalue weighted by atomic mass is 32.2. The van der Waals surface area contributed by atoms with E-state index in [0.717, 1.165) is 10.4 Å². The van der Waals surface area contributed by atoms with Crippen LogP contribution in [0.25, 0.3) is 0 Å². The van der Waals surface area contributed by atoms with Gasteiger partial charge in [-0.15, -0.1) is 0 Å². The molecule has 0 unspecified atom stereocenters. The molecule has 0 spiro atoms. The monoisotopic (exact) mass is 185 g/mol. The molecule has 68 valence electrons. The van der Waals surface area contributed by atoms with Crippen LogP contribution in [0, 0.1) is 10.7 Å². The number of nitrogens with zero attached hydrogens (tertiary/aromatic N) is 2. The first-order valence-corrected chi connectivity index (χ1v) is 5.54. The fourth-order valence-corrected chi connectivity index (χ4v) is 2.83. The van der Waals surface area contributed by atoms with Crippen LogP contribution in [0.5, 0.6) is 0 Å². The summed E-state index contributed by atoms with van der Waals surface area (Å²) in [7, 11) is 0. The number of hydrogen-bond acceptors (Lipinski definition) is 2. The molecule has 0 saturated carbocycles. The lowest BCUT2D eigenvalue weighted by molar-refractivity contribution is -0.800. The summed E-state index contributed by atoms with van der Waals surface area (Å²) < 4.78 is 0.993. The van der Waals surface area contributed by atoms with Crippen molar-refractivity contribution in [2.24, 2.45) is 0 Å². The van der Waals surface area contributed by atoms with Crippen LogP contribution in [-0.2, 0) is 0 Å². The van der Waals surface area contributed by atoms with E-state index in [2.05, 4.69) is 12.3 Å². The third-order valence-corrected chi connectivity index (χ3v) is 3.51. The van der Waals surface area contributed by atoms with Crippen LogP contribution in [-0.4, -0.2) is 23.5 Å². The Morgan fingerprint density at radius 1 is 1.33 bits per heavy atom. The molecule has 0 N–H and O–H groups in total. The van der Waals surface area contributed by atoms with E-state index < -0.39 is 0 Å². The maximum atomic E-state index is 8.71. The van der Waals surface area contributed by atoms with Crippen LogP contribution < -0.4 is 0 Å². The maximum Gasteiger partial charge on any atom is 0.196 e. The molecule has 12 heavy (non-hydrogen) atoms. The number of piperidine rings is 1. The van der Waals surface area contributed by atoms with E-state index in [9.17, 15) is 0 Å². The Hall–Kier alpha value is -0.200. The number of hydrogen-bond donors (Lipinski definition) is 0. The molecule has 1 aliphatic heterocycles. The van der Waals surface area contributed by atoms with Crippen LogP contribution in [0.15, 0.2) is 0 Å². The quantitative estimate of drug-likeness (QED) is 0.383. The van der Waals surface area contributed by atoms with Gasteiger partial charge in [0.05, 0.1) is 19.6 Å². The third-order valence-electron chi connectivity index (χ3n) is 2.50. The van der Waals surface area contributed by atoms with Crippen LogP contribution >= 0.6 is 11.9 Å². The Balaban J connectivity index is 2.51. The minimum atomic E-state index is 0.993. The fraction of sp³-hybridized carbons (Fsp3) is 0.889. The standard InChI is InChI=1S/C9H17N2S/c1-2-6-11(12-9-10)7-4-3-5-8-11/h2-8H2,1H3/q+1. The van der Waals surface area contributed by atoms with E-state index in [1.807, 2.05) is 0 Å². The van der Waals surface area contributed by atoms with E-state index in [1.165, 1.54) is 50.7 Å². The second kappa shape index (κ2) is 4.74. The van der Waals surface area contributed by atoms with Gasteiger partial charge in [0.1, 0.15) is 0 Å². The summed E-state index contributed by atoms with van der Waals surface area (Å²) in [6.45, 7) is 5.77. The molecule has 1 saturated heterocycles. The molecule has 1 fully saturated rings. The molecule has 2 nitrogen and oxygen atoms in total. The molecule has 0 atom stereocenters. The van der Waals surface area contributed by atoms with Crippen molar-refractivity contribution < 1.29 is 3.89 Å². The number of thiocyanates is 1. The Labute approximate surface area is 79.3 Å². The number of likely N-dealkylation sites (tertiary alicyclic amines) is 1. The molecule has 1 rings (SSSR count). The van der Waals surface area contributed by atoms with Crippen molar-refractivity contribution in [1.29, 1.82) is 5.26 Å². The summed E-state index contributed by atoms with van der Waals surface area (Å²) >= 11 is 1.47. The van der Waals surface area contributed by atoms with Crippen molar-refractivity contribution >= 4 is 11.9 Å². The van der Waals surface area contributed by atoms with Gasteiger partial charge in [0.2, 0.25) is 0 Å². The predicted molar refractivity (Wildman–Crippen MR) is 52.2 cm³/mol. The lowest BCUT2D eigenvalue weighted by atomic mass is 10.1. The Morgan fingerprint density at radius 3 is 2.50 bits per heavy atom. The first kappa shape index (κ1) is 9.88. The molecule has 0 amide bonds. The molecule has 0 bridgehead atoms. The van der Waals surface area contributed by atoms with Gasteiger partial charge in [-0.3, -0.25) is 0 Å². The molecule has 1 heterocycles. The second-order valence-corrected chi connectivity index (χ2v) is 4.61. The minimum absolute atomic E-state index is 0.993. The molecule has 0 aromatic carbocycles. The summed E-state index contributed by atoms with van der Waals surface area (Å²) in [5.41, 5.74) is 0. The number of nitriles is 1. The average molecular weight is 185 g/mol. The predicted octanol–water partition coefficient (Wildman–Crippen LogP) is 2.53. The Bertz CT molecular complexity index is 162. The van der Waals surface area contributed by atoms with Crippen molar-refractivity contribution in [2.75, 3.05) is 19.6 Å². The van der Waals surface area contributed by atoms with Gasteiger partial charge in [0.15, 0.2) is 17.3 Å². The van der Waals surface area contributed by atoms with Crippen LogP contribution in [0.3, 0.4) is 0 Å². The van der Waals surface area contributed by atoms with Gasteiger partial charge in [-0.25, -0.2) is 3.89 Å². The first-order valence-electron chi connectivity index (χ1n) is 4.77. The topological polar surface area (TPSA) is 23.8 Å². The molecule has 1 aliphatic rings. The zero-order valence-corrected chi connectivity index (χ0v) is 8.57. The second-order valence-electron chi connectivity index (χ2n) is 3.47. The van der Waals surface area contributed by atoms with Gasteiger partial charge in [-0.2, -0.15) is 5.26 Å².